The van der Waals surface area contributed by atoms with Crippen LogP contribution in [0.15, 0.2) is 41.0 Å². The van der Waals surface area contributed by atoms with E-state index in [1.54, 1.807) is 30.5 Å². The van der Waals surface area contributed by atoms with E-state index >= 15 is 0 Å². The lowest BCUT2D eigenvalue weighted by Gasteiger charge is -2.07. The van der Waals surface area contributed by atoms with Crippen LogP contribution < -0.4 is 11.1 Å². The van der Waals surface area contributed by atoms with Crippen LogP contribution in [-0.2, 0) is 16.1 Å². The second-order valence-corrected chi connectivity index (χ2v) is 4.57. The Morgan fingerprint density at radius 3 is 2.95 bits per heavy atom. The number of rotatable bonds is 6. The molecule has 20 heavy (non-hydrogen) atoms. The molecule has 0 atom stereocenters. The van der Waals surface area contributed by atoms with Crippen LogP contribution in [0.1, 0.15) is 12.2 Å². The van der Waals surface area contributed by atoms with Crippen LogP contribution >= 0.6 is 11.6 Å². The number of amides is 1. The van der Waals surface area contributed by atoms with E-state index < -0.39 is 0 Å². The van der Waals surface area contributed by atoms with E-state index in [1.165, 1.54) is 0 Å². The van der Waals surface area contributed by atoms with E-state index in [0.717, 1.165) is 5.76 Å². The molecule has 5 nitrogen and oxygen atoms in total. The molecule has 0 fully saturated rings. The molecule has 2 rings (SSSR count). The number of ether oxygens (including phenoxy) is 1. The van der Waals surface area contributed by atoms with Gasteiger partial charge in [-0.25, -0.2) is 0 Å². The average molecular weight is 295 g/mol. The summed E-state index contributed by atoms with van der Waals surface area (Å²) in [5, 5.41) is 3.19. The Morgan fingerprint density at radius 1 is 1.40 bits per heavy atom. The third kappa shape index (κ3) is 4.29. The molecule has 1 aromatic carbocycles. The van der Waals surface area contributed by atoms with Gasteiger partial charge in [0.15, 0.2) is 0 Å². The lowest BCUT2D eigenvalue weighted by molar-refractivity contribution is -0.117. The van der Waals surface area contributed by atoms with Crippen molar-refractivity contribution in [3.8, 4) is 0 Å². The highest BCUT2D eigenvalue weighted by Gasteiger charge is 2.04. The fourth-order valence-electron chi connectivity index (χ4n) is 1.58. The number of nitrogens with two attached hydrogens (primary N) is 1. The molecule has 0 radical (unpaired) electrons. The molecule has 0 aliphatic heterocycles. The number of furan rings is 1. The van der Waals surface area contributed by atoms with Crippen LogP contribution in [0.4, 0.5) is 11.4 Å². The molecule has 1 heterocycles. The maximum Gasteiger partial charge on any atom is 0.226 e. The third-order valence-corrected chi connectivity index (χ3v) is 2.92. The minimum Gasteiger partial charge on any atom is -0.467 e. The number of carbonyl (C=O) groups excluding carboxylic acids is 1. The van der Waals surface area contributed by atoms with Crippen molar-refractivity contribution in [3.63, 3.8) is 0 Å². The fraction of sp³-hybridized carbons (Fsp3) is 0.214. The summed E-state index contributed by atoms with van der Waals surface area (Å²) in [7, 11) is 0. The molecular weight excluding hydrogens is 280 g/mol. The Bertz CT molecular complexity index is 570. The van der Waals surface area contributed by atoms with Crippen LogP contribution in [0.25, 0.3) is 0 Å². The second-order valence-electron chi connectivity index (χ2n) is 4.17. The summed E-state index contributed by atoms with van der Waals surface area (Å²) < 4.78 is 10.4. The normalized spacial score (nSPS) is 10.4. The summed E-state index contributed by atoms with van der Waals surface area (Å²) >= 11 is 5.80. The minimum absolute atomic E-state index is 0.147. The van der Waals surface area contributed by atoms with Gasteiger partial charge in [0.25, 0.3) is 0 Å². The van der Waals surface area contributed by atoms with Crippen molar-refractivity contribution in [2.75, 3.05) is 17.7 Å². The van der Waals surface area contributed by atoms with Crippen LogP contribution in [0, 0.1) is 0 Å². The number of hydrogen-bond donors (Lipinski definition) is 2. The average Bonchev–Trinajstić information content (AvgIpc) is 2.92. The van der Waals surface area contributed by atoms with Crippen LogP contribution in [-0.4, -0.2) is 12.5 Å². The highest BCUT2D eigenvalue weighted by Crippen LogP contribution is 2.22. The molecule has 3 N–H and O–H groups in total. The highest BCUT2D eigenvalue weighted by molar-refractivity contribution is 6.33. The molecule has 1 amide bonds. The fourth-order valence-corrected chi connectivity index (χ4v) is 1.69. The van der Waals surface area contributed by atoms with Gasteiger partial charge in [-0.2, -0.15) is 0 Å². The summed E-state index contributed by atoms with van der Waals surface area (Å²) in [5.74, 6) is 0.585. The van der Waals surface area contributed by atoms with Gasteiger partial charge in [-0.05, 0) is 30.3 Å². The Hall–Kier alpha value is -1.98. The molecule has 0 saturated heterocycles. The molecule has 6 heteroatoms. The first-order valence-electron chi connectivity index (χ1n) is 6.10. The number of anilines is 2. The van der Waals surface area contributed by atoms with E-state index in [-0.39, 0.29) is 12.3 Å². The van der Waals surface area contributed by atoms with E-state index in [9.17, 15) is 4.79 Å². The SMILES string of the molecule is Nc1cc(NC(=O)CCOCc2ccco2)ccc1Cl. The van der Waals surface area contributed by atoms with E-state index in [4.69, 9.17) is 26.5 Å². The predicted molar refractivity (Wildman–Crippen MR) is 77.5 cm³/mol. The van der Waals surface area contributed by atoms with Crippen molar-refractivity contribution in [1.82, 2.24) is 0 Å². The molecule has 106 valence electrons. The van der Waals surface area contributed by atoms with E-state index in [1.807, 2.05) is 6.07 Å². The number of nitrogens with one attached hydrogen (secondary N) is 1. The van der Waals surface area contributed by atoms with Gasteiger partial charge in [0.05, 0.1) is 30.0 Å². The first-order valence-corrected chi connectivity index (χ1v) is 6.48. The molecule has 0 aliphatic carbocycles. The monoisotopic (exact) mass is 294 g/mol. The largest absolute Gasteiger partial charge is 0.467 e. The van der Waals surface area contributed by atoms with Crippen LogP contribution in [0.5, 0.6) is 0 Å². The Balaban J connectivity index is 1.71. The molecule has 0 spiro atoms. The summed E-state index contributed by atoms with van der Waals surface area (Å²) in [6, 6.07) is 8.55. The van der Waals surface area contributed by atoms with Crippen LogP contribution in [0.3, 0.4) is 0 Å². The van der Waals surface area contributed by atoms with Crippen molar-refractivity contribution >= 4 is 28.9 Å². The highest BCUT2D eigenvalue weighted by atomic mass is 35.5. The summed E-state index contributed by atoms with van der Waals surface area (Å²) in [5.41, 5.74) is 6.70. The minimum atomic E-state index is -0.147. The number of halogens is 1. The van der Waals surface area contributed by atoms with Gasteiger partial charge in [-0.3, -0.25) is 4.79 Å². The maximum atomic E-state index is 11.7. The number of nitrogen functional groups attached to an aromatic ring is 1. The first-order chi connectivity index (χ1) is 9.65. The first kappa shape index (κ1) is 14.4. The van der Waals surface area contributed by atoms with Gasteiger partial charge in [0.1, 0.15) is 12.4 Å². The van der Waals surface area contributed by atoms with Gasteiger partial charge >= 0.3 is 0 Å². The quantitative estimate of drug-likeness (QED) is 0.634. The standard InChI is InChI=1S/C14H15ClN2O3/c15-12-4-3-10(8-13(12)16)17-14(18)5-7-19-9-11-2-1-6-20-11/h1-4,6,8H,5,7,9,16H2,(H,17,18). The van der Waals surface area contributed by atoms with E-state index in [0.29, 0.717) is 29.6 Å². The summed E-state index contributed by atoms with van der Waals surface area (Å²) in [6.45, 7) is 0.670. The number of carbonyl (C=O) groups is 1. The summed E-state index contributed by atoms with van der Waals surface area (Å²) in [4.78, 5) is 11.7. The van der Waals surface area contributed by atoms with E-state index in [2.05, 4.69) is 5.32 Å². The zero-order valence-corrected chi connectivity index (χ0v) is 11.5. The van der Waals surface area contributed by atoms with Crippen LogP contribution in [0.2, 0.25) is 5.02 Å². The van der Waals surface area contributed by atoms with Crippen molar-refractivity contribution in [2.24, 2.45) is 0 Å². The van der Waals surface area contributed by atoms with Crippen molar-refractivity contribution in [2.45, 2.75) is 13.0 Å². The zero-order valence-electron chi connectivity index (χ0n) is 10.8. The third-order valence-electron chi connectivity index (χ3n) is 2.58. The van der Waals surface area contributed by atoms with Gasteiger partial charge in [-0.15, -0.1) is 0 Å². The van der Waals surface area contributed by atoms with Gasteiger partial charge in [0, 0.05) is 5.69 Å². The molecule has 1 aromatic heterocycles. The molecular formula is C14H15ClN2O3. The van der Waals surface area contributed by atoms with Gasteiger partial charge in [0.2, 0.25) is 5.91 Å². The molecule has 0 aliphatic rings. The lowest BCUT2D eigenvalue weighted by atomic mass is 10.2. The smallest absolute Gasteiger partial charge is 0.226 e. The molecule has 2 aromatic rings. The molecule has 0 bridgehead atoms. The number of benzene rings is 1. The van der Waals surface area contributed by atoms with Crippen molar-refractivity contribution in [3.05, 3.63) is 47.4 Å². The Labute approximate surface area is 121 Å². The van der Waals surface area contributed by atoms with Gasteiger partial charge in [-0.1, -0.05) is 11.6 Å². The lowest BCUT2D eigenvalue weighted by Crippen LogP contribution is -2.14. The predicted octanol–water partition coefficient (Wildman–Crippen LogP) is 3.06. The Kier molecular flexibility index (Phi) is 5.03. The second kappa shape index (κ2) is 6.98. The maximum absolute atomic E-state index is 11.7. The molecule has 0 saturated carbocycles. The van der Waals surface area contributed by atoms with Gasteiger partial charge < -0.3 is 20.2 Å². The van der Waals surface area contributed by atoms with Crippen molar-refractivity contribution < 1.29 is 13.9 Å². The Morgan fingerprint density at radius 2 is 2.25 bits per heavy atom. The number of hydrogen-bond acceptors (Lipinski definition) is 4. The topological polar surface area (TPSA) is 77.5 Å². The zero-order chi connectivity index (χ0) is 14.4. The van der Waals surface area contributed by atoms with Crippen molar-refractivity contribution in [1.29, 1.82) is 0 Å². The summed E-state index contributed by atoms with van der Waals surface area (Å²) in [6.07, 6.45) is 1.83. The molecule has 0 unspecified atom stereocenters.